The van der Waals surface area contributed by atoms with Gasteiger partial charge in [-0.2, -0.15) is 0 Å². The highest BCUT2D eigenvalue weighted by atomic mass is 35.5. The van der Waals surface area contributed by atoms with Crippen molar-refractivity contribution in [2.75, 3.05) is 6.61 Å². The standard InChI is InChI=1S/C25H30Cl2N2O3/c1-17-8-6-7-11-23(17)32-16-24(30)29(15-19-12-13-20(26)14-22(19)27)18(2)25(31)28-21-9-4-3-5-10-21/h6-8,11-14,18,21H,3-5,9-10,15-16H2,1-2H3,(H,28,31)/t18-/m1/s1. The molecule has 0 saturated heterocycles. The SMILES string of the molecule is Cc1ccccc1OCC(=O)N(Cc1ccc(Cl)cc1Cl)[C@H](C)C(=O)NC1CCCCC1. The van der Waals surface area contributed by atoms with Crippen LogP contribution in [0.2, 0.25) is 10.0 Å². The summed E-state index contributed by atoms with van der Waals surface area (Å²) in [5.41, 5.74) is 1.66. The summed E-state index contributed by atoms with van der Waals surface area (Å²) in [6.07, 6.45) is 5.40. The highest BCUT2D eigenvalue weighted by Gasteiger charge is 2.29. The van der Waals surface area contributed by atoms with Crippen LogP contribution in [0.25, 0.3) is 0 Å². The van der Waals surface area contributed by atoms with Gasteiger partial charge in [-0.25, -0.2) is 0 Å². The van der Waals surface area contributed by atoms with E-state index in [0.29, 0.717) is 15.8 Å². The number of amides is 2. The van der Waals surface area contributed by atoms with E-state index < -0.39 is 6.04 Å². The van der Waals surface area contributed by atoms with Crippen LogP contribution < -0.4 is 10.1 Å². The number of ether oxygens (including phenoxy) is 1. The lowest BCUT2D eigenvalue weighted by atomic mass is 9.95. The molecule has 2 aromatic rings. The molecule has 2 aromatic carbocycles. The zero-order chi connectivity index (χ0) is 23.1. The average molecular weight is 477 g/mol. The highest BCUT2D eigenvalue weighted by molar-refractivity contribution is 6.35. The van der Waals surface area contributed by atoms with Crippen LogP contribution in [-0.2, 0) is 16.1 Å². The minimum absolute atomic E-state index is 0.161. The highest BCUT2D eigenvalue weighted by Crippen LogP contribution is 2.24. The molecule has 5 nitrogen and oxygen atoms in total. The number of benzene rings is 2. The Labute approximate surface area is 200 Å². The fraction of sp³-hybridized carbons (Fsp3) is 0.440. The van der Waals surface area contributed by atoms with E-state index in [9.17, 15) is 9.59 Å². The van der Waals surface area contributed by atoms with Crippen LogP contribution in [0.5, 0.6) is 5.75 Å². The second kappa shape index (κ2) is 11.6. The van der Waals surface area contributed by atoms with Crippen molar-refractivity contribution in [3.8, 4) is 5.75 Å². The van der Waals surface area contributed by atoms with Crippen molar-refractivity contribution in [2.24, 2.45) is 0 Å². The van der Waals surface area contributed by atoms with Gasteiger partial charge in [0.05, 0.1) is 0 Å². The van der Waals surface area contributed by atoms with Crippen LogP contribution in [0.4, 0.5) is 0 Å². The predicted octanol–water partition coefficient (Wildman–Crippen LogP) is 5.55. The van der Waals surface area contributed by atoms with Crippen molar-refractivity contribution in [1.29, 1.82) is 0 Å². The van der Waals surface area contributed by atoms with Crippen LogP contribution in [0, 0.1) is 6.92 Å². The smallest absolute Gasteiger partial charge is 0.261 e. The second-order valence-electron chi connectivity index (χ2n) is 8.33. The first-order chi connectivity index (χ1) is 15.3. The molecule has 0 radical (unpaired) electrons. The number of carbonyl (C=O) groups is 2. The Balaban J connectivity index is 1.75. The molecule has 0 unspecified atom stereocenters. The van der Waals surface area contributed by atoms with Crippen LogP contribution in [0.3, 0.4) is 0 Å². The normalized spacial score (nSPS) is 15.1. The van der Waals surface area contributed by atoms with Crippen LogP contribution in [-0.4, -0.2) is 35.4 Å². The van der Waals surface area contributed by atoms with Gasteiger partial charge in [-0.15, -0.1) is 0 Å². The Bertz CT molecular complexity index is 945. The monoisotopic (exact) mass is 476 g/mol. The molecule has 0 bridgehead atoms. The number of halogens is 2. The van der Waals surface area contributed by atoms with Crippen LogP contribution >= 0.6 is 23.2 Å². The Kier molecular flexibility index (Phi) is 8.83. The Morgan fingerprint density at radius 2 is 1.84 bits per heavy atom. The van der Waals surface area contributed by atoms with Gasteiger partial charge in [0.15, 0.2) is 6.61 Å². The maximum absolute atomic E-state index is 13.2. The summed E-state index contributed by atoms with van der Waals surface area (Å²) in [6.45, 7) is 3.68. The topological polar surface area (TPSA) is 58.6 Å². The number of aryl methyl sites for hydroxylation is 1. The van der Waals surface area contributed by atoms with Crippen molar-refractivity contribution >= 4 is 35.0 Å². The van der Waals surface area contributed by atoms with Gasteiger partial charge >= 0.3 is 0 Å². The van der Waals surface area contributed by atoms with E-state index in [1.807, 2.05) is 31.2 Å². The van der Waals surface area contributed by atoms with Gasteiger partial charge < -0.3 is 15.0 Å². The summed E-state index contributed by atoms with van der Waals surface area (Å²) in [6, 6.07) is 12.1. The first kappa shape index (κ1) is 24.4. The third-order valence-electron chi connectivity index (χ3n) is 5.92. The fourth-order valence-electron chi connectivity index (χ4n) is 3.93. The Hall–Kier alpha value is -2.24. The van der Waals surface area contributed by atoms with Crippen molar-refractivity contribution < 1.29 is 14.3 Å². The van der Waals surface area contributed by atoms with E-state index in [-0.39, 0.29) is 31.0 Å². The summed E-state index contributed by atoms with van der Waals surface area (Å²) >= 11 is 12.4. The molecule has 0 spiro atoms. The fourth-order valence-corrected chi connectivity index (χ4v) is 4.39. The summed E-state index contributed by atoms with van der Waals surface area (Å²) in [5.74, 6) is 0.196. The zero-order valence-electron chi connectivity index (χ0n) is 18.6. The summed E-state index contributed by atoms with van der Waals surface area (Å²) in [4.78, 5) is 27.7. The minimum atomic E-state index is -0.670. The van der Waals surface area contributed by atoms with Crippen molar-refractivity contribution in [3.05, 3.63) is 63.6 Å². The molecule has 172 valence electrons. The molecule has 32 heavy (non-hydrogen) atoms. The number of nitrogens with one attached hydrogen (secondary N) is 1. The summed E-state index contributed by atoms with van der Waals surface area (Å²) in [5, 5.41) is 4.09. The zero-order valence-corrected chi connectivity index (χ0v) is 20.1. The average Bonchev–Trinajstić information content (AvgIpc) is 2.78. The molecule has 1 atom stereocenters. The molecule has 0 aromatic heterocycles. The van der Waals surface area contributed by atoms with Gasteiger partial charge in [0.25, 0.3) is 5.91 Å². The largest absolute Gasteiger partial charge is 0.484 e. The molecule has 0 aliphatic heterocycles. The third kappa shape index (κ3) is 6.63. The molecule has 7 heteroatoms. The van der Waals surface area contributed by atoms with Crippen molar-refractivity contribution in [1.82, 2.24) is 10.2 Å². The van der Waals surface area contributed by atoms with Crippen LogP contribution in [0.1, 0.15) is 50.2 Å². The van der Waals surface area contributed by atoms with Crippen molar-refractivity contribution in [2.45, 2.75) is 64.6 Å². The molecular weight excluding hydrogens is 447 g/mol. The Morgan fingerprint density at radius 3 is 2.53 bits per heavy atom. The molecule has 3 rings (SSSR count). The molecular formula is C25H30Cl2N2O3. The predicted molar refractivity (Wildman–Crippen MR) is 128 cm³/mol. The number of hydrogen-bond acceptors (Lipinski definition) is 3. The van der Waals surface area contributed by atoms with E-state index in [1.54, 1.807) is 25.1 Å². The van der Waals surface area contributed by atoms with E-state index in [1.165, 1.54) is 11.3 Å². The minimum Gasteiger partial charge on any atom is -0.484 e. The maximum Gasteiger partial charge on any atom is 0.261 e. The lowest BCUT2D eigenvalue weighted by Crippen LogP contribution is -2.51. The first-order valence-electron chi connectivity index (χ1n) is 11.1. The van der Waals surface area contributed by atoms with E-state index >= 15 is 0 Å². The van der Waals surface area contributed by atoms with Crippen molar-refractivity contribution in [3.63, 3.8) is 0 Å². The first-order valence-corrected chi connectivity index (χ1v) is 11.8. The molecule has 2 amide bonds. The Morgan fingerprint density at radius 1 is 1.12 bits per heavy atom. The summed E-state index contributed by atoms with van der Waals surface area (Å²) < 4.78 is 5.77. The number of hydrogen-bond donors (Lipinski definition) is 1. The van der Waals surface area contributed by atoms with E-state index in [4.69, 9.17) is 27.9 Å². The molecule has 1 fully saturated rings. The molecule has 1 N–H and O–H groups in total. The molecule has 1 aliphatic rings. The van der Waals surface area contributed by atoms with Gasteiger partial charge in [-0.1, -0.05) is 66.7 Å². The number of rotatable bonds is 8. The summed E-state index contributed by atoms with van der Waals surface area (Å²) in [7, 11) is 0. The lowest BCUT2D eigenvalue weighted by Gasteiger charge is -2.31. The molecule has 1 saturated carbocycles. The van der Waals surface area contributed by atoms with E-state index in [2.05, 4.69) is 5.32 Å². The van der Waals surface area contributed by atoms with Gasteiger partial charge in [0.2, 0.25) is 5.91 Å². The number of carbonyl (C=O) groups excluding carboxylic acids is 2. The maximum atomic E-state index is 13.2. The molecule has 0 heterocycles. The number of para-hydroxylation sites is 1. The lowest BCUT2D eigenvalue weighted by molar-refractivity contribution is -0.142. The number of nitrogens with zero attached hydrogens (tertiary/aromatic N) is 1. The van der Waals surface area contributed by atoms with Gasteiger partial charge in [0.1, 0.15) is 11.8 Å². The van der Waals surface area contributed by atoms with Crippen LogP contribution in [0.15, 0.2) is 42.5 Å². The molecule has 1 aliphatic carbocycles. The van der Waals surface area contributed by atoms with Gasteiger partial charge in [0, 0.05) is 22.6 Å². The quantitative estimate of drug-likeness (QED) is 0.543. The van der Waals surface area contributed by atoms with E-state index in [0.717, 1.165) is 36.8 Å². The third-order valence-corrected chi connectivity index (χ3v) is 6.51. The van der Waals surface area contributed by atoms with Gasteiger partial charge in [-0.3, -0.25) is 9.59 Å². The van der Waals surface area contributed by atoms with Gasteiger partial charge in [-0.05, 0) is 56.0 Å². The second-order valence-corrected chi connectivity index (χ2v) is 9.17.